The molecule has 0 spiro atoms. The van der Waals surface area contributed by atoms with Crippen LogP contribution >= 0.6 is 0 Å². The largest absolute Gasteiger partial charge is 0.378 e. The molecule has 1 aliphatic heterocycles. The summed E-state index contributed by atoms with van der Waals surface area (Å²) in [5.41, 5.74) is 8.20. The standard InChI is InChI=1S/C13H18N2O2/c1-2-10-11(13(14)16)4-3-5-12(10)15-6-8-17-9-7-15/h3-5H,2,6-9H2,1H3,(H2,14,16). The number of carbonyl (C=O) groups is 1. The number of primary amides is 1. The van der Waals surface area contributed by atoms with Gasteiger partial charge in [0.2, 0.25) is 5.91 Å². The van der Waals surface area contributed by atoms with Crippen molar-refractivity contribution in [2.75, 3.05) is 31.2 Å². The maximum absolute atomic E-state index is 11.4. The number of nitrogens with zero attached hydrogens (tertiary/aromatic N) is 1. The lowest BCUT2D eigenvalue weighted by atomic mass is 10.0. The molecule has 0 aliphatic carbocycles. The highest BCUT2D eigenvalue weighted by Gasteiger charge is 2.17. The molecular weight excluding hydrogens is 216 g/mol. The Morgan fingerprint density at radius 2 is 2.12 bits per heavy atom. The minimum Gasteiger partial charge on any atom is -0.378 e. The normalized spacial score (nSPS) is 15.9. The van der Waals surface area contributed by atoms with Crippen LogP contribution < -0.4 is 10.6 Å². The van der Waals surface area contributed by atoms with Gasteiger partial charge in [0.1, 0.15) is 0 Å². The fraction of sp³-hybridized carbons (Fsp3) is 0.462. The van der Waals surface area contributed by atoms with Crippen molar-refractivity contribution in [3.63, 3.8) is 0 Å². The highest BCUT2D eigenvalue weighted by Crippen LogP contribution is 2.25. The highest BCUT2D eigenvalue weighted by molar-refractivity contribution is 5.96. The molecule has 1 aromatic carbocycles. The maximum Gasteiger partial charge on any atom is 0.249 e. The fourth-order valence-electron chi connectivity index (χ4n) is 2.28. The van der Waals surface area contributed by atoms with Gasteiger partial charge in [-0.1, -0.05) is 13.0 Å². The molecule has 1 heterocycles. The average Bonchev–Trinajstić information content (AvgIpc) is 2.38. The maximum atomic E-state index is 11.4. The first-order chi connectivity index (χ1) is 8.24. The van der Waals surface area contributed by atoms with Crippen LogP contribution in [0.15, 0.2) is 18.2 Å². The third-order valence-corrected chi connectivity index (χ3v) is 3.12. The molecule has 2 N–H and O–H groups in total. The summed E-state index contributed by atoms with van der Waals surface area (Å²) in [6.45, 7) is 5.27. The van der Waals surface area contributed by atoms with E-state index in [2.05, 4.69) is 11.0 Å². The number of benzene rings is 1. The summed E-state index contributed by atoms with van der Waals surface area (Å²) in [5, 5.41) is 0. The zero-order valence-corrected chi connectivity index (χ0v) is 10.1. The van der Waals surface area contributed by atoms with E-state index < -0.39 is 0 Å². The Balaban J connectivity index is 2.38. The van der Waals surface area contributed by atoms with Gasteiger partial charge in [0, 0.05) is 24.3 Å². The molecule has 0 saturated carbocycles. The number of carbonyl (C=O) groups excluding carboxylic acids is 1. The van der Waals surface area contributed by atoms with Crippen LogP contribution in [0.4, 0.5) is 5.69 Å². The van der Waals surface area contributed by atoms with Crippen molar-refractivity contribution < 1.29 is 9.53 Å². The van der Waals surface area contributed by atoms with Crippen molar-refractivity contribution in [1.29, 1.82) is 0 Å². The molecule has 2 rings (SSSR count). The number of morpholine rings is 1. The van der Waals surface area contributed by atoms with Crippen LogP contribution in [0.3, 0.4) is 0 Å². The number of anilines is 1. The van der Waals surface area contributed by atoms with E-state index in [1.54, 1.807) is 6.07 Å². The molecule has 0 aromatic heterocycles. The molecule has 0 atom stereocenters. The minimum atomic E-state index is -0.350. The van der Waals surface area contributed by atoms with Gasteiger partial charge in [0.25, 0.3) is 0 Å². The van der Waals surface area contributed by atoms with Crippen LogP contribution in [-0.2, 0) is 11.2 Å². The summed E-state index contributed by atoms with van der Waals surface area (Å²) in [7, 11) is 0. The van der Waals surface area contributed by atoms with Crippen LogP contribution in [0.1, 0.15) is 22.8 Å². The van der Waals surface area contributed by atoms with E-state index in [1.165, 1.54) is 0 Å². The lowest BCUT2D eigenvalue weighted by Gasteiger charge is -2.31. The summed E-state index contributed by atoms with van der Waals surface area (Å²) in [5.74, 6) is -0.350. The quantitative estimate of drug-likeness (QED) is 0.854. The molecule has 92 valence electrons. The Morgan fingerprint density at radius 3 is 2.71 bits per heavy atom. The van der Waals surface area contributed by atoms with E-state index in [9.17, 15) is 4.79 Å². The van der Waals surface area contributed by atoms with Crippen LogP contribution in [-0.4, -0.2) is 32.2 Å². The Labute approximate surface area is 101 Å². The predicted octanol–water partition coefficient (Wildman–Crippen LogP) is 1.18. The van der Waals surface area contributed by atoms with Gasteiger partial charge in [-0.25, -0.2) is 0 Å². The van der Waals surface area contributed by atoms with Gasteiger partial charge in [0.15, 0.2) is 0 Å². The van der Waals surface area contributed by atoms with Crippen molar-refractivity contribution in [3.8, 4) is 0 Å². The first kappa shape index (κ1) is 11.9. The number of nitrogens with two attached hydrogens (primary N) is 1. The third-order valence-electron chi connectivity index (χ3n) is 3.12. The zero-order valence-electron chi connectivity index (χ0n) is 10.1. The molecule has 1 fully saturated rings. The van der Waals surface area contributed by atoms with Crippen LogP contribution in [0.2, 0.25) is 0 Å². The van der Waals surface area contributed by atoms with Crippen molar-refractivity contribution >= 4 is 11.6 Å². The van der Waals surface area contributed by atoms with Gasteiger partial charge in [-0.05, 0) is 24.1 Å². The highest BCUT2D eigenvalue weighted by atomic mass is 16.5. The van der Waals surface area contributed by atoms with E-state index in [4.69, 9.17) is 10.5 Å². The van der Waals surface area contributed by atoms with Gasteiger partial charge in [0.05, 0.1) is 13.2 Å². The second-order valence-electron chi connectivity index (χ2n) is 4.12. The lowest BCUT2D eigenvalue weighted by Crippen LogP contribution is -2.37. The molecule has 4 nitrogen and oxygen atoms in total. The van der Waals surface area contributed by atoms with E-state index in [0.717, 1.165) is 44.0 Å². The molecule has 1 saturated heterocycles. The van der Waals surface area contributed by atoms with Gasteiger partial charge in [-0.15, -0.1) is 0 Å². The Kier molecular flexibility index (Phi) is 3.64. The fourth-order valence-corrected chi connectivity index (χ4v) is 2.28. The van der Waals surface area contributed by atoms with Crippen molar-refractivity contribution in [1.82, 2.24) is 0 Å². The molecule has 1 aromatic rings. The van der Waals surface area contributed by atoms with E-state index in [0.29, 0.717) is 5.56 Å². The molecular formula is C13H18N2O2. The van der Waals surface area contributed by atoms with E-state index in [1.807, 2.05) is 13.0 Å². The molecule has 1 aliphatic rings. The Morgan fingerprint density at radius 1 is 1.41 bits per heavy atom. The number of rotatable bonds is 3. The smallest absolute Gasteiger partial charge is 0.249 e. The van der Waals surface area contributed by atoms with Crippen LogP contribution in [0.25, 0.3) is 0 Å². The van der Waals surface area contributed by atoms with E-state index in [-0.39, 0.29) is 5.91 Å². The second-order valence-corrected chi connectivity index (χ2v) is 4.12. The van der Waals surface area contributed by atoms with Crippen molar-refractivity contribution in [2.45, 2.75) is 13.3 Å². The zero-order chi connectivity index (χ0) is 12.3. The number of hydrogen-bond donors (Lipinski definition) is 1. The average molecular weight is 234 g/mol. The summed E-state index contributed by atoms with van der Waals surface area (Å²) in [6.07, 6.45) is 0.811. The monoisotopic (exact) mass is 234 g/mol. The molecule has 0 unspecified atom stereocenters. The Bertz CT molecular complexity index is 412. The summed E-state index contributed by atoms with van der Waals surface area (Å²) in [4.78, 5) is 13.7. The van der Waals surface area contributed by atoms with Gasteiger partial charge >= 0.3 is 0 Å². The minimum absolute atomic E-state index is 0.350. The number of hydrogen-bond acceptors (Lipinski definition) is 3. The molecule has 17 heavy (non-hydrogen) atoms. The first-order valence-corrected chi connectivity index (χ1v) is 5.98. The topological polar surface area (TPSA) is 55.6 Å². The second kappa shape index (κ2) is 5.19. The summed E-state index contributed by atoms with van der Waals surface area (Å²) < 4.78 is 5.34. The van der Waals surface area contributed by atoms with Gasteiger partial charge < -0.3 is 15.4 Å². The molecule has 4 heteroatoms. The predicted molar refractivity (Wildman–Crippen MR) is 67.4 cm³/mol. The van der Waals surface area contributed by atoms with Crippen LogP contribution in [0, 0.1) is 0 Å². The van der Waals surface area contributed by atoms with Gasteiger partial charge in [-0.2, -0.15) is 0 Å². The number of amides is 1. The van der Waals surface area contributed by atoms with Crippen molar-refractivity contribution in [2.24, 2.45) is 5.73 Å². The first-order valence-electron chi connectivity index (χ1n) is 5.98. The molecule has 0 bridgehead atoms. The van der Waals surface area contributed by atoms with Gasteiger partial charge in [-0.3, -0.25) is 4.79 Å². The Hall–Kier alpha value is -1.55. The SMILES string of the molecule is CCc1c(C(N)=O)cccc1N1CCOCC1. The molecule has 1 amide bonds. The summed E-state index contributed by atoms with van der Waals surface area (Å²) >= 11 is 0. The third kappa shape index (κ3) is 2.42. The number of ether oxygens (including phenoxy) is 1. The van der Waals surface area contributed by atoms with Crippen molar-refractivity contribution in [3.05, 3.63) is 29.3 Å². The van der Waals surface area contributed by atoms with E-state index >= 15 is 0 Å². The molecule has 0 radical (unpaired) electrons. The van der Waals surface area contributed by atoms with Crippen LogP contribution in [0.5, 0.6) is 0 Å². The lowest BCUT2D eigenvalue weighted by molar-refractivity contribution is 0.0999. The summed E-state index contributed by atoms with van der Waals surface area (Å²) in [6, 6.07) is 5.74.